The van der Waals surface area contributed by atoms with Crippen molar-refractivity contribution in [1.82, 2.24) is 14.9 Å². The van der Waals surface area contributed by atoms with E-state index < -0.39 is 11.7 Å². The zero-order valence-corrected chi connectivity index (χ0v) is 13.6. The molecule has 0 radical (unpaired) electrons. The summed E-state index contributed by atoms with van der Waals surface area (Å²) in [6, 6.07) is 4.97. The van der Waals surface area contributed by atoms with Crippen LogP contribution < -0.4 is 0 Å². The van der Waals surface area contributed by atoms with Gasteiger partial charge in [0, 0.05) is 5.92 Å². The highest BCUT2D eigenvalue weighted by Crippen LogP contribution is 2.29. The van der Waals surface area contributed by atoms with Gasteiger partial charge in [0.1, 0.15) is 0 Å². The van der Waals surface area contributed by atoms with Crippen LogP contribution in [-0.4, -0.2) is 21.1 Å². The van der Waals surface area contributed by atoms with E-state index in [1.807, 2.05) is 13.8 Å². The summed E-state index contributed by atoms with van der Waals surface area (Å²) in [4.78, 5) is 0. The molecule has 0 aliphatic rings. The molecule has 0 saturated carbocycles. The second-order valence-electron chi connectivity index (χ2n) is 5.08. The summed E-state index contributed by atoms with van der Waals surface area (Å²) in [6.45, 7) is 4.07. The third-order valence-electron chi connectivity index (χ3n) is 3.56. The molecule has 0 aliphatic carbocycles. The second-order valence-corrected chi connectivity index (χ2v) is 5.47. The largest absolute Gasteiger partial charge is 0.416 e. The minimum absolute atomic E-state index is 0.182. The van der Waals surface area contributed by atoms with E-state index in [0.29, 0.717) is 16.2 Å². The van der Waals surface area contributed by atoms with Crippen LogP contribution in [0.3, 0.4) is 0 Å². The van der Waals surface area contributed by atoms with Gasteiger partial charge in [-0.2, -0.15) is 28.0 Å². The van der Waals surface area contributed by atoms with Crippen molar-refractivity contribution >= 4 is 18.4 Å². The highest BCUT2D eigenvalue weighted by Gasteiger charge is 2.30. The molecule has 0 atom stereocenters. The van der Waals surface area contributed by atoms with Crippen LogP contribution in [0.5, 0.6) is 0 Å². The Kier molecular flexibility index (Phi) is 5.35. The third-order valence-corrected chi connectivity index (χ3v) is 3.83. The lowest BCUT2D eigenvalue weighted by Crippen LogP contribution is -2.06. The Balaban J connectivity index is 2.35. The molecule has 0 saturated heterocycles. The first-order valence-electron chi connectivity index (χ1n) is 7.25. The number of nitrogens with zero attached hydrogens (tertiary/aromatic N) is 3. The zero-order valence-electron chi connectivity index (χ0n) is 12.8. The van der Waals surface area contributed by atoms with E-state index in [-0.39, 0.29) is 5.92 Å². The van der Waals surface area contributed by atoms with E-state index in [1.54, 1.807) is 6.07 Å². The van der Waals surface area contributed by atoms with Crippen molar-refractivity contribution in [2.24, 2.45) is 5.10 Å². The van der Waals surface area contributed by atoms with E-state index in [2.05, 4.69) is 15.3 Å². The van der Waals surface area contributed by atoms with E-state index in [4.69, 9.17) is 12.2 Å². The molecule has 23 heavy (non-hydrogen) atoms. The number of aromatic amines is 1. The Morgan fingerprint density at radius 3 is 2.65 bits per heavy atom. The van der Waals surface area contributed by atoms with Gasteiger partial charge >= 0.3 is 6.18 Å². The first-order chi connectivity index (χ1) is 10.9. The molecule has 1 heterocycles. The van der Waals surface area contributed by atoms with Crippen molar-refractivity contribution in [1.29, 1.82) is 0 Å². The van der Waals surface area contributed by atoms with Gasteiger partial charge in [-0.25, -0.2) is 0 Å². The fraction of sp³-hybridized carbons (Fsp3) is 0.400. The second kappa shape index (κ2) is 7.08. The van der Waals surface area contributed by atoms with E-state index in [0.717, 1.165) is 25.0 Å². The van der Waals surface area contributed by atoms with Gasteiger partial charge in [-0.05, 0) is 42.8 Å². The SMILES string of the molecule is CCC(CC)c1n[nH]c(=S)n1/N=C\c1cccc(C(F)(F)F)c1. The van der Waals surface area contributed by atoms with E-state index in [1.165, 1.54) is 17.0 Å². The maximum absolute atomic E-state index is 12.7. The molecule has 0 unspecified atom stereocenters. The summed E-state index contributed by atoms with van der Waals surface area (Å²) in [5.74, 6) is 0.866. The van der Waals surface area contributed by atoms with Crippen LogP contribution in [0.25, 0.3) is 0 Å². The lowest BCUT2D eigenvalue weighted by atomic mass is 10.0. The van der Waals surface area contributed by atoms with Crippen molar-refractivity contribution in [2.75, 3.05) is 0 Å². The number of benzene rings is 1. The number of rotatable bonds is 5. The average Bonchev–Trinajstić information content (AvgIpc) is 2.87. The maximum Gasteiger partial charge on any atom is 0.416 e. The Hall–Kier alpha value is -1.96. The fourth-order valence-corrected chi connectivity index (χ4v) is 2.44. The first-order valence-corrected chi connectivity index (χ1v) is 7.66. The minimum Gasteiger partial charge on any atom is -0.250 e. The van der Waals surface area contributed by atoms with E-state index >= 15 is 0 Å². The number of H-pyrrole nitrogens is 1. The maximum atomic E-state index is 12.7. The van der Waals surface area contributed by atoms with Crippen LogP contribution in [-0.2, 0) is 6.18 Å². The molecule has 0 aliphatic heterocycles. The lowest BCUT2D eigenvalue weighted by molar-refractivity contribution is -0.137. The molecule has 124 valence electrons. The predicted octanol–water partition coefficient (Wildman–Crippen LogP) is 4.75. The molecule has 1 N–H and O–H groups in total. The van der Waals surface area contributed by atoms with Crippen molar-refractivity contribution in [2.45, 2.75) is 38.8 Å². The molecule has 2 rings (SSSR count). The molecule has 0 amide bonds. The molecule has 0 fully saturated rings. The summed E-state index contributed by atoms with van der Waals surface area (Å²) in [6.07, 6.45) is -1.28. The quantitative estimate of drug-likeness (QED) is 0.630. The molecule has 4 nitrogen and oxygen atoms in total. The number of alkyl halides is 3. The molecule has 0 spiro atoms. The van der Waals surface area contributed by atoms with Crippen molar-refractivity contribution in [3.8, 4) is 0 Å². The predicted molar refractivity (Wildman–Crippen MR) is 85.2 cm³/mol. The monoisotopic (exact) mass is 342 g/mol. The topological polar surface area (TPSA) is 46.0 Å². The number of halogens is 3. The van der Waals surface area contributed by atoms with Crippen molar-refractivity contribution in [3.05, 3.63) is 46.0 Å². The summed E-state index contributed by atoms with van der Waals surface area (Å²) in [5, 5.41) is 11.1. The van der Waals surface area contributed by atoms with Crippen LogP contribution in [0.2, 0.25) is 0 Å². The Bertz CT molecular complexity index is 742. The highest BCUT2D eigenvalue weighted by atomic mass is 32.1. The first kappa shape index (κ1) is 17.4. The lowest BCUT2D eigenvalue weighted by Gasteiger charge is -2.10. The smallest absolute Gasteiger partial charge is 0.250 e. The number of aromatic nitrogens is 3. The van der Waals surface area contributed by atoms with Gasteiger partial charge in [-0.15, -0.1) is 0 Å². The standard InChI is InChI=1S/C15H17F3N4S/c1-3-11(4-2)13-20-21-14(23)22(13)19-9-10-6-5-7-12(8-10)15(16,17)18/h5-9,11H,3-4H2,1-2H3,(H,21,23)/b19-9-. The van der Waals surface area contributed by atoms with Crippen LogP contribution >= 0.6 is 12.2 Å². The molecule has 0 bridgehead atoms. The molecular weight excluding hydrogens is 325 g/mol. The molecule has 2 aromatic rings. The summed E-state index contributed by atoms with van der Waals surface area (Å²) < 4.78 is 40.0. The average molecular weight is 342 g/mol. The van der Waals surface area contributed by atoms with E-state index in [9.17, 15) is 13.2 Å². The normalized spacial score (nSPS) is 12.4. The zero-order chi connectivity index (χ0) is 17.0. The summed E-state index contributed by atoms with van der Waals surface area (Å²) in [7, 11) is 0. The van der Waals surface area contributed by atoms with Crippen LogP contribution in [0.15, 0.2) is 29.4 Å². The number of nitrogens with one attached hydrogen (secondary N) is 1. The van der Waals surface area contributed by atoms with Gasteiger partial charge in [-0.3, -0.25) is 5.10 Å². The van der Waals surface area contributed by atoms with Crippen LogP contribution in [0, 0.1) is 4.77 Å². The summed E-state index contributed by atoms with van der Waals surface area (Å²) in [5.41, 5.74) is -0.365. The minimum atomic E-state index is -4.38. The Morgan fingerprint density at radius 1 is 1.35 bits per heavy atom. The summed E-state index contributed by atoms with van der Waals surface area (Å²) >= 11 is 5.14. The van der Waals surface area contributed by atoms with Gasteiger partial charge in [-0.1, -0.05) is 26.0 Å². The number of hydrogen-bond acceptors (Lipinski definition) is 3. The van der Waals surface area contributed by atoms with Gasteiger partial charge < -0.3 is 0 Å². The van der Waals surface area contributed by atoms with Gasteiger partial charge in [0.25, 0.3) is 0 Å². The molecular formula is C15H17F3N4S. The van der Waals surface area contributed by atoms with Crippen molar-refractivity contribution < 1.29 is 13.2 Å². The fourth-order valence-electron chi connectivity index (χ4n) is 2.25. The Morgan fingerprint density at radius 2 is 2.04 bits per heavy atom. The third kappa shape index (κ3) is 4.07. The van der Waals surface area contributed by atoms with Crippen LogP contribution in [0.1, 0.15) is 49.6 Å². The van der Waals surface area contributed by atoms with Gasteiger partial charge in [0.2, 0.25) is 4.77 Å². The Labute approximate surface area is 137 Å². The number of hydrogen-bond donors (Lipinski definition) is 1. The molecule has 1 aromatic heterocycles. The molecule has 8 heteroatoms. The van der Waals surface area contributed by atoms with Crippen LogP contribution in [0.4, 0.5) is 13.2 Å². The highest BCUT2D eigenvalue weighted by molar-refractivity contribution is 7.71. The van der Waals surface area contributed by atoms with Crippen molar-refractivity contribution in [3.63, 3.8) is 0 Å². The van der Waals surface area contributed by atoms with Gasteiger partial charge in [0.15, 0.2) is 5.82 Å². The molecule has 1 aromatic carbocycles. The van der Waals surface area contributed by atoms with Gasteiger partial charge in [0.05, 0.1) is 11.8 Å².